The van der Waals surface area contributed by atoms with Gasteiger partial charge >= 0.3 is 0 Å². The van der Waals surface area contributed by atoms with Crippen LogP contribution in [0.5, 0.6) is 0 Å². The lowest BCUT2D eigenvalue weighted by Crippen LogP contribution is -2.44. The van der Waals surface area contributed by atoms with Crippen molar-refractivity contribution in [2.45, 2.75) is 38.5 Å². The third kappa shape index (κ3) is 4.11. The normalized spacial score (nSPS) is 20.2. The largest absolute Gasteiger partial charge is 0.496 e. The molecule has 7 heteroatoms. The zero-order chi connectivity index (χ0) is 22.0. The Bertz CT molecular complexity index is 1010. The van der Waals surface area contributed by atoms with Gasteiger partial charge in [0.1, 0.15) is 24.0 Å². The summed E-state index contributed by atoms with van der Waals surface area (Å²) >= 11 is 0. The molecule has 3 aliphatic rings. The van der Waals surface area contributed by atoms with Crippen molar-refractivity contribution in [3.05, 3.63) is 58.0 Å². The van der Waals surface area contributed by atoms with E-state index in [4.69, 9.17) is 9.47 Å². The molecule has 1 saturated heterocycles. The number of hydrogen-bond donors (Lipinski definition) is 1. The first-order chi connectivity index (χ1) is 15.0. The molecule has 0 saturated carbocycles. The second kappa shape index (κ2) is 8.99. The van der Waals surface area contributed by atoms with E-state index < -0.39 is 6.10 Å². The van der Waals surface area contributed by atoms with Crippen molar-refractivity contribution in [2.75, 3.05) is 33.3 Å². The molecule has 162 valence electrons. The number of benzene rings is 1. The number of aliphatic hydroxyl groups excluding tert-OH is 1. The summed E-state index contributed by atoms with van der Waals surface area (Å²) in [4.78, 5) is 15.5. The van der Waals surface area contributed by atoms with Gasteiger partial charge in [0, 0.05) is 49.5 Å². The fourth-order valence-corrected chi connectivity index (χ4v) is 4.73. The van der Waals surface area contributed by atoms with Crippen molar-refractivity contribution in [1.29, 1.82) is 5.26 Å². The fourth-order valence-electron chi connectivity index (χ4n) is 4.73. The third-order valence-corrected chi connectivity index (χ3v) is 6.54. The Morgan fingerprint density at radius 3 is 2.81 bits per heavy atom. The zero-order valence-corrected chi connectivity index (χ0v) is 17.9. The fraction of sp³-hybridized carbons (Fsp3) is 0.458. The number of aliphatic hydroxyl groups is 1. The molecule has 0 unspecified atom stereocenters. The van der Waals surface area contributed by atoms with Crippen LogP contribution in [-0.2, 0) is 20.9 Å². The second-order valence-electron chi connectivity index (χ2n) is 8.20. The lowest BCUT2D eigenvalue weighted by molar-refractivity contribution is 0.0797. The number of nitriles is 1. The number of nitrogens with zero attached hydrogens (tertiary/aromatic N) is 3. The summed E-state index contributed by atoms with van der Waals surface area (Å²) in [5, 5.41) is 20.2. The number of piperidine rings is 1. The summed E-state index contributed by atoms with van der Waals surface area (Å²) in [6.45, 7) is 5.41. The molecule has 3 aliphatic heterocycles. The highest BCUT2D eigenvalue weighted by atomic mass is 16.5. The van der Waals surface area contributed by atoms with Crippen LogP contribution in [0.25, 0.3) is 5.76 Å². The first-order valence-corrected chi connectivity index (χ1v) is 10.6. The maximum atomic E-state index is 11.0. The quantitative estimate of drug-likeness (QED) is 0.731. The average Bonchev–Trinajstić information content (AvgIpc) is 3.23. The van der Waals surface area contributed by atoms with E-state index in [0.29, 0.717) is 30.5 Å². The molecule has 7 nitrogen and oxygen atoms in total. The van der Waals surface area contributed by atoms with Crippen LogP contribution in [0.3, 0.4) is 0 Å². The van der Waals surface area contributed by atoms with Crippen LogP contribution < -0.4 is 0 Å². The van der Waals surface area contributed by atoms with Crippen molar-refractivity contribution in [2.24, 2.45) is 0 Å². The molecule has 1 N–H and O–H groups in total. The van der Waals surface area contributed by atoms with Crippen molar-refractivity contribution >= 4 is 11.7 Å². The van der Waals surface area contributed by atoms with E-state index in [1.807, 2.05) is 37.3 Å². The highest BCUT2D eigenvalue weighted by Gasteiger charge is 2.28. The van der Waals surface area contributed by atoms with Gasteiger partial charge in [-0.15, -0.1) is 0 Å². The molecule has 0 bridgehead atoms. The van der Waals surface area contributed by atoms with Crippen LogP contribution in [0.1, 0.15) is 41.2 Å². The minimum atomic E-state index is -0.599. The standard InChI is InChI=1S/C24H27N3O4/c1-16-19(3-4-20-21(16)15-31-24(20)14-28)22(29)13-26-8-5-18(6-9-26)27-10-7-23(30-2)17(11-25)12-27/h3-4,7,12,18,22,29H,5-6,8-10,13,15H2,1-2H3/t22-/m0/s1. The lowest BCUT2D eigenvalue weighted by Gasteiger charge is -2.39. The Kier molecular flexibility index (Phi) is 6.15. The van der Waals surface area contributed by atoms with Gasteiger partial charge in [-0.3, -0.25) is 0 Å². The predicted octanol–water partition coefficient (Wildman–Crippen LogP) is 2.45. The molecule has 0 aromatic heterocycles. The number of hydrogen-bond acceptors (Lipinski definition) is 7. The minimum Gasteiger partial charge on any atom is -0.496 e. The summed E-state index contributed by atoms with van der Waals surface area (Å²) in [7, 11) is 1.59. The molecule has 1 fully saturated rings. The smallest absolute Gasteiger partial charge is 0.211 e. The second-order valence-corrected chi connectivity index (χ2v) is 8.20. The molecule has 3 heterocycles. The summed E-state index contributed by atoms with van der Waals surface area (Å²) in [6, 6.07) is 6.31. The van der Waals surface area contributed by atoms with Crippen molar-refractivity contribution in [1.82, 2.24) is 9.80 Å². The Morgan fingerprint density at radius 2 is 2.13 bits per heavy atom. The SMILES string of the molecule is COC1=CCN(C2CCN(C[C@H](O)c3ccc4c(c3C)COC4=C=O)CC2)C=C1C#N. The lowest BCUT2D eigenvalue weighted by atomic mass is 9.94. The maximum Gasteiger partial charge on any atom is 0.211 e. The molecule has 1 aromatic rings. The Hall–Kier alpha value is -3.04. The molecule has 1 aromatic carbocycles. The predicted molar refractivity (Wildman–Crippen MR) is 115 cm³/mol. The summed E-state index contributed by atoms with van der Waals surface area (Å²) in [6.07, 6.45) is 5.22. The van der Waals surface area contributed by atoms with Crippen LogP contribution in [-0.4, -0.2) is 60.2 Å². The zero-order valence-electron chi connectivity index (χ0n) is 17.9. The highest BCUT2D eigenvalue weighted by Crippen LogP contribution is 2.34. The van der Waals surface area contributed by atoms with E-state index in [1.165, 1.54) is 0 Å². The number of likely N-dealkylation sites (tertiary alicyclic amines) is 1. The van der Waals surface area contributed by atoms with Gasteiger partial charge in [-0.25, -0.2) is 4.79 Å². The number of fused-ring (bicyclic) bond motifs is 1. The molecule has 1 atom stereocenters. The molecule has 0 spiro atoms. The van der Waals surface area contributed by atoms with E-state index in [1.54, 1.807) is 7.11 Å². The van der Waals surface area contributed by atoms with Crippen LogP contribution in [0.15, 0.2) is 35.7 Å². The monoisotopic (exact) mass is 421 g/mol. The Morgan fingerprint density at radius 1 is 1.35 bits per heavy atom. The molecule has 31 heavy (non-hydrogen) atoms. The van der Waals surface area contributed by atoms with Gasteiger partial charge in [0.2, 0.25) is 5.76 Å². The first kappa shape index (κ1) is 21.2. The van der Waals surface area contributed by atoms with E-state index in [9.17, 15) is 15.2 Å². The number of methoxy groups -OCH3 is 1. The molecule has 4 rings (SSSR count). The number of allylic oxidation sites excluding steroid dienone is 1. The molecule has 0 amide bonds. The summed E-state index contributed by atoms with van der Waals surface area (Å²) in [5.74, 6) is 2.74. The van der Waals surface area contributed by atoms with Gasteiger partial charge in [0.15, 0.2) is 5.94 Å². The maximum absolute atomic E-state index is 11.0. The number of β-amino-alcohol motifs (C(OH)–C–C–N with tert-alkyl or cyclic N) is 1. The van der Waals surface area contributed by atoms with Crippen molar-refractivity contribution in [3.63, 3.8) is 0 Å². The Labute approximate surface area is 182 Å². The van der Waals surface area contributed by atoms with E-state index >= 15 is 0 Å². The number of rotatable bonds is 5. The summed E-state index contributed by atoms with van der Waals surface area (Å²) in [5.41, 5.74) is 4.17. The molecular weight excluding hydrogens is 394 g/mol. The third-order valence-electron chi connectivity index (χ3n) is 6.54. The first-order valence-electron chi connectivity index (χ1n) is 10.6. The van der Waals surface area contributed by atoms with Crippen molar-refractivity contribution < 1.29 is 19.4 Å². The van der Waals surface area contributed by atoms with Crippen LogP contribution >= 0.6 is 0 Å². The van der Waals surface area contributed by atoms with E-state index in [2.05, 4.69) is 15.9 Å². The van der Waals surface area contributed by atoms with Crippen LogP contribution in [0.2, 0.25) is 0 Å². The average molecular weight is 421 g/mol. The Balaban J connectivity index is 1.36. The van der Waals surface area contributed by atoms with Crippen LogP contribution in [0, 0.1) is 18.3 Å². The number of carbonyl (C=O) groups excluding carboxylic acids is 1. The molecular formula is C24H27N3O4. The van der Waals surface area contributed by atoms with Gasteiger partial charge < -0.3 is 24.4 Å². The summed E-state index contributed by atoms with van der Waals surface area (Å²) < 4.78 is 10.7. The van der Waals surface area contributed by atoms with Gasteiger partial charge in [-0.2, -0.15) is 5.26 Å². The van der Waals surface area contributed by atoms with E-state index in [-0.39, 0.29) is 5.76 Å². The minimum absolute atomic E-state index is 0.250. The highest BCUT2D eigenvalue weighted by molar-refractivity contribution is 5.86. The molecule has 0 aliphatic carbocycles. The van der Waals surface area contributed by atoms with E-state index in [0.717, 1.165) is 54.7 Å². The van der Waals surface area contributed by atoms with Gasteiger partial charge in [0.05, 0.1) is 13.2 Å². The van der Waals surface area contributed by atoms with Gasteiger partial charge in [-0.05, 0) is 43.0 Å². The topological polar surface area (TPSA) is 86.0 Å². The van der Waals surface area contributed by atoms with Crippen molar-refractivity contribution in [3.8, 4) is 6.07 Å². The van der Waals surface area contributed by atoms with Gasteiger partial charge in [-0.1, -0.05) is 6.07 Å². The number of ether oxygens (including phenoxy) is 2. The van der Waals surface area contributed by atoms with Crippen LogP contribution in [0.4, 0.5) is 0 Å². The van der Waals surface area contributed by atoms with Gasteiger partial charge in [0.25, 0.3) is 0 Å². The molecule has 0 radical (unpaired) electrons.